The van der Waals surface area contributed by atoms with Crippen LogP contribution >= 0.6 is 0 Å². The lowest BCUT2D eigenvalue weighted by molar-refractivity contribution is -0.135. The lowest BCUT2D eigenvalue weighted by Crippen LogP contribution is -2.39. The zero-order valence-electron chi connectivity index (χ0n) is 12.7. The number of carbonyl (C=O) groups excluding carboxylic acids is 1. The zero-order valence-corrected chi connectivity index (χ0v) is 12.7. The molecule has 0 aliphatic carbocycles. The normalized spacial score (nSPS) is 27.3. The molecule has 0 aromatic heterocycles. The summed E-state index contributed by atoms with van der Waals surface area (Å²) in [5.74, 6) is -3.75. The van der Waals surface area contributed by atoms with Gasteiger partial charge in [-0.15, -0.1) is 0 Å². The largest absolute Gasteiger partial charge is 0.478 e. The smallest absolute Gasteiger partial charge is 0.335 e. The van der Waals surface area contributed by atoms with Crippen LogP contribution in [0, 0.1) is 0 Å². The first-order valence-electron chi connectivity index (χ1n) is 7.02. The van der Waals surface area contributed by atoms with E-state index in [-0.39, 0.29) is 17.8 Å². The van der Waals surface area contributed by atoms with Crippen LogP contribution in [0.1, 0.15) is 6.42 Å². The summed E-state index contributed by atoms with van der Waals surface area (Å²) in [6, 6.07) is 0. The van der Waals surface area contributed by atoms with E-state index in [1.54, 1.807) is 6.08 Å². The zero-order chi connectivity index (χ0) is 18.6. The fourth-order valence-corrected chi connectivity index (χ4v) is 2.11. The molecule has 0 saturated carbocycles. The number of nitrogens with zero attached hydrogens (tertiary/aromatic N) is 1. The Labute approximate surface area is 141 Å². The molecule has 10 heteroatoms. The molecule has 3 atom stereocenters. The molecular formula is C15H15NO9. The fraction of sp³-hybridized carbons (Fsp3) is 0.267. The Morgan fingerprint density at radius 2 is 1.96 bits per heavy atom. The molecule has 0 amide bonds. The lowest BCUT2D eigenvalue weighted by atomic mass is 10.1. The number of rotatable bonds is 5. The van der Waals surface area contributed by atoms with Gasteiger partial charge in [-0.2, -0.15) is 0 Å². The van der Waals surface area contributed by atoms with Gasteiger partial charge in [0.2, 0.25) is 6.23 Å². The predicted octanol–water partition coefficient (Wildman–Crippen LogP) is -0.722. The number of carboxylic acids is 2. The van der Waals surface area contributed by atoms with Gasteiger partial charge in [0, 0.05) is 31.0 Å². The highest BCUT2D eigenvalue weighted by molar-refractivity contribution is 5.91. The fourth-order valence-electron chi connectivity index (χ4n) is 2.11. The van der Waals surface area contributed by atoms with E-state index in [0.717, 1.165) is 6.26 Å². The maximum Gasteiger partial charge on any atom is 0.335 e. The average Bonchev–Trinajstić information content (AvgIpc) is 2.86. The first-order chi connectivity index (χ1) is 11.8. The Morgan fingerprint density at radius 3 is 2.60 bits per heavy atom. The SMILES string of the molecule is O=C(O)/C=C/C(=O)O/C=C1/O[C@@H](N2C=CCC(C(=O)O)=C2)[C@H](O)[C@@H]1O. The van der Waals surface area contributed by atoms with E-state index in [2.05, 4.69) is 4.74 Å². The molecule has 2 aliphatic heterocycles. The van der Waals surface area contributed by atoms with Crippen LogP contribution in [-0.2, 0) is 23.9 Å². The molecule has 1 fully saturated rings. The van der Waals surface area contributed by atoms with Gasteiger partial charge >= 0.3 is 17.9 Å². The van der Waals surface area contributed by atoms with Gasteiger partial charge in [0.25, 0.3) is 0 Å². The number of hydrogen-bond acceptors (Lipinski definition) is 8. The Morgan fingerprint density at radius 1 is 1.24 bits per heavy atom. The second-order valence-electron chi connectivity index (χ2n) is 5.07. The number of carbonyl (C=O) groups is 3. The molecule has 10 nitrogen and oxygen atoms in total. The molecule has 0 spiro atoms. The van der Waals surface area contributed by atoms with E-state index in [0.29, 0.717) is 12.2 Å². The molecule has 0 aromatic rings. The Hall–Kier alpha value is -3.11. The van der Waals surface area contributed by atoms with E-state index >= 15 is 0 Å². The van der Waals surface area contributed by atoms with Gasteiger partial charge in [-0.25, -0.2) is 14.4 Å². The van der Waals surface area contributed by atoms with Crippen molar-refractivity contribution >= 4 is 17.9 Å². The van der Waals surface area contributed by atoms with Gasteiger partial charge < -0.3 is 34.8 Å². The van der Waals surface area contributed by atoms with Crippen molar-refractivity contribution < 1.29 is 44.3 Å². The average molecular weight is 353 g/mol. The second kappa shape index (κ2) is 7.64. The summed E-state index contributed by atoms with van der Waals surface area (Å²) >= 11 is 0. The summed E-state index contributed by atoms with van der Waals surface area (Å²) < 4.78 is 9.91. The van der Waals surface area contributed by atoms with Crippen LogP contribution < -0.4 is 0 Å². The number of aliphatic carboxylic acids is 2. The van der Waals surface area contributed by atoms with Crippen molar-refractivity contribution in [3.63, 3.8) is 0 Å². The third-order valence-corrected chi connectivity index (χ3v) is 3.31. The molecule has 0 bridgehead atoms. The summed E-state index contributed by atoms with van der Waals surface area (Å²) in [6.07, 6.45) is 2.39. The van der Waals surface area contributed by atoms with Crippen LogP contribution in [0.25, 0.3) is 0 Å². The highest BCUT2D eigenvalue weighted by atomic mass is 16.6. The standard InChI is InChI=1S/C15H15NO9/c17-10(18)3-4-11(19)24-7-9-12(20)13(21)14(25-9)16-5-1-2-8(6-16)15(22)23/h1,3-7,12-14,20-21H,2H2,(H,17,18)(H,22,23)/b4-3+,9-7+/t12-,13-,14-/m1/s1. The van der Waals surface area contributed by atoms with Gasteiger partial charge in [0.05, 0.1) is 5.57 Å². The van der Waals surface area contributed by atoms with Crippen LogP contribution in [0.3, 0.4) is 0 Å². The van der Waals surface area contributed by atoms with Gasteiger partial charge in [0.15, 0.2) is 5.76 Å². The summed E-state index contributed by atoms with van der Waals surface area (Å²) in [5.41, 5.74) is 0.0652. The molecule has 2 aliphatic rings. The Bertz CT molecular complexity index is 691. The molecule has 0 aromatic carbocycles. The molecule has 4 N–H and O–H groups in total. The topological polar surface area (TPSA) is 154 Å². The number of carboxylic acid groups (broad SMARTS) is 2. The summed E-state index contributed by atoms with van der Waals surface area (Å²) in [7, 11) is 0. The van der Waals surface area contributed by atoms with Crippen molar-refractivity contribution in [1.29, 1.82) is 0 Å². The summed E-state index contributed by atoms with van der Waals surface area (Å²) in [6.45, 7) is 0. The van der Waals surface area contributed by atoms with Crippen LogP contribution in [0.2, 0.25) is 0 Å². The van der Waals surface area contributed by atoms with Crippen molar-refractivity contribution in [2.75, 3.05) is 0 Å². The number of ether oxygens (including phenoxy) is 2. The summed E-state index contributed by atoms with van der Waals surface area (Å²) in [5, 5.41) is 37.4. The highest BCUT2D eigenvalue weighted by Crippen LogP contribution is 2.29. The van der Waals surface area contributed by atoms with E-state index < -0.39 is 36.3 Å². The van der Waals surface area contributed by atoms with Gasteiger partial charge in [0.1, 0.15) is 18.5 Å². The molecular weight excluding hydrogens is 338 g/mol. The monoisotopic (exact) mass is 353 g/mol. The van der Waals surface area contributed by atoms with Crippen LogP contribution in [0.15, 0.2) is 48.2 Å². The molecule has 134 valence electrons. The lowest BCUT2D eigenvalue weighted by Gasteiger charge is -2.27. The Balaban J connectivity index is 2.07. The van der Waals surface area contributed by atoms with E-state index in [1.165, 1.54) is 17.3 Å². The second-order valence-corrected chi connectivity index (χ2v) is 5.07. The van der Waals surface area contributed by atoms with E-state index in [1.807, 2.05) is 0 Å². The number of aliphatic hydroxyl groups is 2. The van der Waals surface area contributed by atoms with Crippen molar-refractivity contribution in [3.05, 3.63) is 48.2 Å². The molecule has 0 unspecified atom stereocenters. The first-order valence-corrected chi connectivity index (χ1v) is 7.02. The van der Waals surface area contributed by atoms with E-state index in [9.17, 15) is 24.6 Å². The van der Waals surface area contributed by atoms with Crippen molar-refractivity contribution in [2.24, 2.45) is 0 Å². The molecule has 2 rings (SSSR count). The van der Waals surface area contributed by atoms with E-state index in [4.69, 9.17) is 14.9 Å². The number of esters is 1. The minimum Gasteiger partial charge on any atom is -0.478 e. The maximum atomic E-state index is 11.3. The van der Waals surface area contributed by atoms with Crippen LogP contribution in [0.5, 0.6) is 0 Å². The minimum atomic E-state index is -1.52. The number of hydrogen-bond donors (Lipinski definition) is 4. The van der Waals surface area contributed by atoms with Crippen molar-refractivity contribution in [3.8, 4) is 0 Å². The molecule has 1 saturated heterocycles. The molecule has 25 heavy (non-hydrogen) atoms. The van der Waals surface area contributed by atoms with Gasteiger partial charge in [-0.3, -0.25) is 0 Å². The van der Waals surface area contributed by atoms with Gasteiger partial charge in [-0.05, 0) is 0 Å². The molecule has 2 heterocycles. The molecule has 0 radical (unpaired) electrons. The maximum absolute atomic E-state index is 11.3. The Kier molecular flexibility index (Phi) is 5.57. The van der Waals surface area contributed by atoms with Crippen LogP contribution in [-0.4, -0.2) is 61.7 Å². The number of aliphatic hydroxyl groups excluding tert-OH is 2. The van der Waals surface area contributed by atoms with Gasteiger partial charge in [-0.1, -0.05) is 6.08 Å². The van der Waals surface area contributed by atoms with Crippen LogP contribution in [0.4, 0.5) is 0 Å². The third-order valence-electron chi connectivity index (χ3n) is 3.31. The predicted molar refractivity (Wildman–Crippen MR) is 79.2 cm³/mol. The highest BCUT2D eigenvalue weighted by Gasteiger charge is 2.43. The minimum absolute atomic E-state index is 0.0652. The summed E-state index contributed by atoms with van der Waals surface area (Å²) in [4.78, 5) is 33.9. The van der Waals surface area contributed by atoms with Crippen molar-refractivity contribution in [2.45, 2.75) is 24.9 Å². The first kappa shape index (κ1) is 18.2. The van der Waals surface area contributed by atoms with Crippen molar-refractivity contribution in [1.82, 2.24) is 4.90 Å². The quantitative estimate of drug-likeness (QED) is 0.283. The third kappa shape index (κ3) is 4.46. The number of allylic oxidation sites excluding steroid dienone is 1.